The molecule has 1 aliphatic rings. The highest BCUT2D eigenvalue weighted by Crippen LogP contribution is 2.25. The van der Waals surface area contributed by atoms with Crippen LogP contribution in [0.3, 0.4) is 0 Å². The average Bonchev–Trinajstić information content (AvgIpc) is 2.82. The van der Waals surface area contributed by atoms with E-state index in [0.717, 1.165) is 30.5 Å². The van der Waals surface area contributed by atoms with Crippen molar-refractivity contribution in [3.05, 3.63) is 22.9 Å². The van der Waals surface area contributed by atoms with Gasteiger partial charge in [0, 0.05) is 12.2 Å². The maximum Gasteiger partial charge on any atom is 0.239 e. The normalized spacial score (nSPS) is 12.9. The number of hydrogen-bond acceptors (Lipinski definition) is 4. The first-order valence-electron chi connectivity index (χ1n) is 6.45. The smallest absolute Gasteiger partial charge is 0.239 e. The van der Waals surface area contributed by atoms with E-state index in [9.17, 15) is 4.79 Å². The summed E-state index contributed by atoms with van der Waals surface area (Å²) in [6, 6.07) is 2.00. The number of rotatable bonds is 5. The lowest BCUT2D eigenvalue weighted by molar-refractivity contribution is -0.119. The Morgan fingerprint density at radius 1 is 1.53 bits per heavy atom. The molecule has 0 saturated carbocycles. The molecule has 4 N–H and O–H groups in total. The third-order valence-corrected chi connectivity index (χ3v) is 3.33. The van der Waals surface area contributed by atoms with Crippen molar-refractivity contribution < 1.29 is 4.79 Å². The number of amides is 1. The van der Waals surface area contributed by atoms with E-state index < -0.39 is 0 Å². The molecule has 1 aromatic heterocycles. The number of carbonyl (C=O) groups excluding carboxylic acids is 1. The summed E-state index contributed by atoms with van der Waals surface area (Å²) in [6.45, 7) is 2.67. The van der Waals surface area contributed by atoms with Crippen LogP contribution in [-0.2, 0) is 17.6 Å². The number of aryl methyl sites for hydroxylation is 2. The molecule has 0 aromatic carbocycles. The van der Waals surface area contributed by atoms with E-state index in [1.807, 2.05) is 13.0 Å². The lowest BCUT2D eigenvalue weighted by Crippen LogP contribution is -2.30. The molecule has 19 heavy (non-hydrogen) atoms. The van der Waals surface area contributed by atoms with Gasteiger partial charge in [0.2, 0.25) is 5.91 Å². The third-order valence-electron chi connectivity index (χ3n) is 3.11. The number of thiocarbonyl (C=S) groups is 1. The van der Waals surface area contributed by atoms with Crippen molar-refractivity contribution in [2.45, 2.75) is 26.2 Å². The predicted octanol–water partition coefficient (Wildman–Crippen LogP) is 0.752. The summed E-state index contributed by atoms with van der Waals surface area (Å²) < 4.78 is 0. The summed E-state index contributed by atoms with van der Waals surface area (Å²) in [5, 5.41) is 5.74. The second-order valence-corrected chi connectivity index (χ2v) is 4.96. The van der Waals surface area contributed by atoms with Crippen LogP contribution in [-0.4, -0.2) is 29.0 Å². The summed E-state index contributed by atoms with van der Waals surface area (Å²) in [5.41, 5.74) is 8.74. The molecule has 1 aliphatic carbocycles. The van der Waals surface area contributed by atoms with Crippen molar-refractivity contribution >= 4 is 28.9 Å². The Morgan fingerprint density at radius 2 is 2.32 bits per heavy atom. The predicted molar refractivity (Wildman–Crippen MR) is 79.3 cm³/mol. The van der Waals surface area contributed by atoms with Gasteiger partial charge in [0.1, 0.15) is 10.8 Å². The van der Waals surface area contributed by atoms with Crippen LogP contribution in [0.5, 0.6) is 0 Å². The lowest BCUT2D eigenvalue weighted by Gasteiger charge is -2.12. The number of fused-ring (bicyclic) bond motifs is 1. The summed E-state index contributed by atoms with van der Waals surface area (Å²) in [6.07, 6.45) is 3.11. The Hall–Kier alpha value is -1.69. The number of nitrogens with two attached hydrogens (primary N) is 1. The van der Waals surface area contributed by atoms with Crippen molar-refractivity contribution in [2.75, 3.05) is 18.4 Å². The van der Waals surface area contributed by atoms with E-state index in [-0.39, 0.29) is 12.5 Å². The zero-order valence-corrected chi connectivity index (χ0v) is 11.8. The molecule has 102 valence electrons. The number of nitrogens with zero attached hydrogens (tertiary/aromatic N) is 1. The van der Waals surface area contributed by atoms with Crippen LogP contribution in [0.4, 0.5) is 5.82 Å². The number of anilines is 1. The molecule has 0 saturated heterocycles. The number of hydrogen-bond donors (Lipinski definition) is 3. The van der Waals surface area contributed by atoms with E-state index in [2.05, 4.69) is 15.6 Å². The topological polar surface area (TPSA) is 80.0 Å². The lowest BCUT2D eigenvalue weighted by atomic mass is 10.1. The number of pyridine rings is 1. The van der Waals surface area contributed by atoms with Crippen LogP contribution in [0.15, 0.2) is 6.07 Å². The zero-order valence-electron chi connectivity index (χ0n) is 11.0. The van der Waals surface area contributed by atoms with Crippen LogP contribution in [0.2, 0.25) is 0 Å². The Bertz CT molecular complexity index is 516. The average molecular weight is 278 g/mol. The highest BCUT2D eigenvalue weighted by Gasteiger charge is 2.17. The van der Waals surface area contributed by atoms with E-state index in [0.29, 0.717) is 17.4 Å². The van der Waals surface area contributed by atoms with Gasteiger partial charge in [-0.25, -0.2) is 4.98 Å². The van der Waals surface area contributed by atoms with Gasteiger partial charge in [-0.2, -0.15) is 0 Å². The minimum atomic E-state index is -0.0707. The Labute approximate surface area is 118 Å². The van der Waals surface area contributed by atoms with Gasteiger partial charge in [0.15, 0.2) is 0 Å². The van der Waals surface area contributed by atoms with Crippen LogP contribution in [0.1, 0.15) is 30.2 Å². The zero-order chi connectivity index (χ0) is 13.8. The molecule has 1 amide bonds. The summed E-state index contributed by atoms with van der Waals surface area (Å²) >= 11 is 5.05. The minimum absolute atomic E-state index is 0.0707. The third kappa shape index (κ3) is 3.20. The van der Waals surface area contributed by atoms with Gasteiger partial charge in [-0.1, -0.05) is 12.2 Å². The molecule has 0 atom stereocenters. The maximum absolute atomic E-state index is 11.5. The number of carbonyl (C=O) groups is 1. The first-order chi connectivity index (χ1) is 9.11. The quantitative estimate of drug-likeness (QED) is 0.693. The van der Waals surface area contributed by atoms with E-state index in [1.165, 1.54) is 5.56 Å². The van der Waals surface area contributed by atoms with Crippen molar-refractivity contribution in [2.24, 2.45) is 5.73 Å². The maximum atomic E-state index is 11.5. The van der Waals surface area contributed by atoms with Crippen molar-refractivity contribution in [1.29, 1.82) is 0 Å². The van der Waals surface area contributed by atoms with Gasteiger partial charge in [0.05, 0.1) is 12.1 Å². The van der Waals surface area contributed by atoms with E-state index in [1.54, 1.807) is 0 Å². The molecule has 0 bridgehead atoms. The monoisotopic (exact) mass is 278 g/mol. The molecule has 0 fully saturated rings. The van der Waals surface area contributed by atoms with Crippen molar-refractivity contribution in [1.82, 2.24) is 10.3 Å². The van der Waals surface area contributed by atoms with Crippen LogP contribution >= 0.6 is 12.2 Å². The van der Waals surface area contributed by atoms with Gasteiger partial charge < -0.3 is 16.4 Å². The Balaban J connectivity index is 2.18. The Morgan fingerprint density at radius 3 is 3.00 bits per heavy atom. The molecule has 1 aromatic rings. The second kappa shape index (κ2) is 5.97. The second-order valence-electron chi connectivity index (χ2n) is 4.52. The molecule has 0 unspecified atom stereocenters. The Kier molecular flexibility index (Phi) is 4.31. The van der Waals surface area contributed by atoms with Crippen LogP contribution in [0, 0.1) is 0 Å². The van der Waals surface area contributed by atoms with Gasteiger partial charge in [-0.3, -0.25) is 4.79 Å². The number of nitrogens with one attached hydrogen (secondary N) is 2. The van der Waals surface area contributed by atoms with Crippen LogP contribution < -0.4 is 16.4 Å². The highest BCUT2D eigenvalue weighted by molar-refractivity contribution is 7.80. The van der Waals surface area contributed by atoms with Gasteiger partial charge in [0.25, 0.3) is 0 Å². The first kappa shape index (κ1) is 13.7. The van der Waals surface area contributed by atoms with Crippen LogP contribution in [0.25, 0.3) is 0 Å². The number of likely N-dealkylation sites (N-methyl/N-ethyl adjacent to an activating group) is 1. The molecular weight excluding hydrogens is 260 g/mol. The van der Waals surface area contributed by atoms with Gasteiger partial charge in [-0.05, 0) is 37.8 Å². The fraction of sp³-hybridized carbons (Fsp3) is 0.462. The molecule has 5 nitrogen and oxygen atoms in total. The van der Waals surface area contributed by atoms with E-state index in [4.69, 9.17) is 18.0 Å². The summed E-state index contributed by atoms with van der Waals surface area (Å²) in [5.74, 6) is 0.540. The van der Waals surface area contributed by atoms with Gasteiger partial charge >= 0.3 is 0 Å². The van der Waals surface area contributed by atoms with Crippen molar-refractivity contribution in [3.8, 4) is 0 Å². The molecule has 0 radical (unpaired) electrons. The largest absolute Gasteiger partial charge is 0.389 e. The molecule has 2 rings (SSSR count). The fourth-order valence-electron chi connectivity index (χ4n) is 2.22. The molecule has 0 spiro atoms. The number of aromatic nitrogens is 1. The van der Waals surface area contributed by atoms with Crippen molar-refractivity contribution in [3.63, 3.8) is 0 Å². The summed E-state index contributed by atoms with van der Waals surface area (Å²) in [4.78, 5) is 16.3. The van der Waals surface area contributed by atoms with E-state index >= 15 is 0 Å². The van der Waals surface area contributed by atoms with Gasteiger partial charge in [-0.15, -0.1) is 0 Å². The first-order valence-corrected chi connectivity index (χ1v) is 6.85. The fourth-order valence-corrected chi connectivity index (χ4v) is 2.37. The standard InChI is InChI=1S/C13H18N4OS/c1-2-15-11(18)7-16-13-9(12(14)19)6-8-4-3-5-10(8)17-13/h6H,2-5,7H2,1H3,(H2,14,19)(H,15,18)(H,16,17). The molecule has 0 aliphatic heterocycles. The highest BCUT2D eigenvalue weighted by atomic mass is 32.1. The SMILES string of the molecule is CCNC(=O)CNc1nc2c(cc1C(N)=S)CCC2. The molecule has 6 heteroatoms. The summed E-state index contributed by atoms with van der Waals surface area (Å²) in [7, 11) is 0. The molecular formula is C13H18N4OS. The minimum Gasteiger partial charge on any atom is -0.389 e. The molecule has 1 heterocycles.